The predicted molar refractivity (Wildman–Crippen MR) is 85.7 cm³/mol. The first kappa shape index (κ1) is 16.5. The van der Waals surface area contributed by atoms with Crippen LogP contribution in [0.15, 0.2) is 24.3 Å². The maximum absolute atomic E-state index is 12.7. The summed E-state index contributed by atoms with van der Waals surface area (Å²) in [5.74, 6) is 0.102. The maximum Gasteiger partial charge on any atom is 0.229 e. The molecule has 0 radical (unpaired) electrons. The second-order valence-electron chi connectivity index (χ2n) is 5.42. The molecule has 1 rings (SSSR count). The molecule has 0 aliphatic carbocycles. The molecule has 1 aromatic rings. The Morgan fingerprint density at radius 1 is 1.20 bits per heavy atom. The summed E-state index contributed by atoms with van der Waals surface area (Å²) < 4.78 is 0. The average molecular weight is 276 g/mol. The molecule has 0 saturated heterocycles. The van der Waals surface area contributed by atoms with Gasteiger partial charge in [0.25, 0.3) is 0 Å². The van der Waals surface area contributed by atoms with Crippen molar-refractivity contribution in [1.29, 1.82) is 0 Å². The molecule has 0 aliphatic rings. The van der Waals surface area contributed by atoms with E-state index in [4.69, 9.17) is 5.73 Å². The number of anilines is 1. The third kappa shape index (κ3) is 4.87. The summed E-state index contributed by atoms with van der Waals surface area (Å²) in [6.45, 7) is 8.01. The van der Waals surface area contributed by atoms with Crippen LogP contribution in [-0.2, 0) is 4.79 Å². The number of hydrogen-bond donors (Lipinski definition) is 1. The molecule has 3 heteroatoms. The van der Waals surface area contributed by atoms with Gasteiger partial charge in [0.2, 0.25) is 5.91 Å². The van der Waals surface area contributed by atoms with Gasteiger partial charge in [-0.15, -0.1) is 0 Å². The molecular weight excluding hydrogens is 248 g/mol. The number of rotatable bonds is 8. The number of benzene rings is 1. The summed E-state index contributed by atoms with van der Waals surface area (Å²) in [5.41, 5.74) is 7.53. The normalized spacial score (nSPS) is 12.2. The molecule has 0 saturated carbocycles. The van der Waals surface area contributed by atoms with Crippen LogP contribution in [0, 0.1) is 0 Å². The lowest BCUT2D eigenvalue weighted by Crippen LogP contribution is -2.36. The second-order valence-corrected chi connectivity index (χ2v) is 5.42. The fourth-order valence-corrected chi connectivity index (χ4v) is 2.27. The van der Waals surface area contributed by atoms with Gasteiger partial charge in [-0.3, -0.25) is 4.79 Å². The Morgan fingerprint density at radius 2 is 1.80 bits per heavy atom. The van der Waals surface area contributed by atoms with Crippen molar-refractivity contribution in [3.05, 3.63) is 29.8 Å². The Bertz CT molecular complexity index is 409. The van der Waals surface area contributed by atoms with Gasteiger partial charge in [-0.2, -0.15) is 0 Å². The predicted octanol–water partition coefficient (Wildman–Crippen LogP) is 3.80. The smallest absolute Gasteiger partial charge is 0.229 e. The molecule has 1 unspecified atom stereocenters. The number of nitrogen functional groups attached to an aromatic ring is 1. The molecule has 1 amide bonds. The zero-order valence-corrected chi connectivity index (χ0v) is 13.1. The Hall–Kier alpha value is -1.51. The van der Waals surface area contributed by atoms with Gasteiger partial charge in [0.15, 0.2) is 0 Å². The molecule has 0 fully saturated rings. The van der Waals surface area contributed by atoms with Crippen LogP contribution in [0.5, 0.6) is 0 Å². The first-order chi connectivity index (χ1) is 9.60. The van der Waals surface area contributed by atoms with Crippen LogP contribution in [-0.4, -0.2) is 23.9 Å². The van der Waals surface area contributed by atoms with Gasteiger partial charge in [0, 0.05) is 18.8 Å². The Balaban J connectivity index is 2.76. The number of hydrogen-bond acceptors (Lipinski definition) is 2. The molecular formula is C17H28N2O. The second kappa shape index (κ2) is 8.62. The molecule has 0 heterocycles. The minimum Gasteiger partial charge on any atom is -0.399 e. The number of nitrogens with zero attached hydrogens (tertiary/aromatic N) is 1. The summed E-state index contributed by atoms with van der Waals surface area (Å²) in [6.07, 6.45) is 4.36. The first-order valence-corrected chi connectivity index (χ1v) is 7.74. The molecule has 112 valence electrons. The number of unbranched alkanes of at least 4 members (excludes halogenated alkanes) is 2. The summed E-state index contributed by atoms with van der Waals surface area (Å²) in [4.78, 5) is 14.7. The van der Waals surface area contributed by atoms with Crippen LogP contribution < -0.4 is 5.73 Å². The van der Waals surface area contributed by atoms with Crippen molar-refractivity contribution in [2.24, 2.45) is 0 Å². The van der Waals surface area contributed by atoms with Gasteiger partial charge >= 0.3 is 0 Å². The van der Waals surface area contributed by atoms with E-state index in [9.17, 15) is 4.79 Å². The van der Waals surface area contributed by atoms with Crippen LogP contribution in [0.4, 0.5) is 5.69 Å². The van der Waals surface area contributed by atoms with E-state index in [0.29, 0.717) is 0 Å². The summed E-state index contributed by atoms with van der Waals surface area (Å²) in [7, 11) is 0. The van der Waals surface area contributed by atoms with Crippen molar-refractivity contribution in [3.63, 3.8) is 0 Å². The van der Waals surface area contributed by atoms with Crippen molar-refractivity contribution in [1.82, 2.24) is 4.90 Å². The van der Waals surface area contributed by atoms with Crippen LogP contribution >= 0.6 is 0 Å². The standard InChI is InChI=1S/C17H28N2O/c1-4-6-11-19(12-7-5-2)17(20)14(3)15-9-8-10-16(18)13-15/h8-10,13-14H,4-7,11-12,18H2,1-3H3. The minimum atomic E-state index is -0.118. The molecule has 0 aliphatic heterocycles. The maximum atomic E-state index is 12.7. The largest absolute Gasteiger partial charge is 0.399 e. The van der Waals surface area contributed by atoms with E-state index in [0.717, 1.165) is 50.0 Å². The molecule has 1 aromatic carbocycles. The molecule has 3 nitrogen and oxygen atoms in total. The lowest BCUT2D eigenvalue weighted by molar-refractivity contribution is -0.132. The lowest BCUT2D eigenvalue weighted by atomic mass is 9.99. The Kier molecular flexibility index (Phi) is 7.13. The van der Waals surface area contributed by atoms with Gasteiger partial charge in [0.05, 0.1) is 5.92 Å². The molecule has 20 heavy (non-hydrogen) atoms. The van der Waals surface area contributed by atoms with E-state index >= 15 is 0 Å². The van der Waals surface area contributed by atoms with Crippen molar-refractivity contribution >= 4 is 11.6 Å². The number of carbonyl (C=O) groups excluding carboxylic acids is 1. The quantitative estimate of drug-likeness (QED) is 0.734. The van der Waals surface area contributed by atoms with Gasteiger partial charge in [-0.1, -0.05) is 38.8 Å². The van der Waals surface area contributed by atoms with E-state index in [1.165, 1.54) is 0 Å². The van der Waals surface area contributed by atoms with Crippen molar-refractivity contribution in [3.8, 4) is 0 Å². The van der Waals surface area contributed by atoms with Gasteiger partial charge in [-0.05, 0) is 37.5 Å². The van der Waals surface area contributed by atoms with Crippen molar-refractivity contribution in [2.45, 2.75) is 52.4 Å². The first-order valence-electron chi connectivity index (χ1n) is 7.74. The van der Waals surface area contributed by atoms with Crippen molar-refractivity contribution < 1.29 is 4.79 Å². The molecule has 2 N–H and O–H groups in total. The summed E-state index contributed by atoms with van der Waals surface area (Å²) >= 11 is 0. The van der Waals surface area contributed by atoms with Crippen LogP contribution in [0.1, 0.15) is 57.9 Å². The molecule has 1 atom stereocenters. The topological polar surface area (TPSA) is 46.3 Å². The monoisotopic (exact) mass is 276 g/mol. The highest BCUT2D eigenvalue weighted by atomic mass is 16.2. The summed E-state index contributed by atoms with van der Waals surface area (Å²) in [5, 5.41) is 0. The van der Waals surface area contributed by atoms with Crippen LogP contribution in [0.2, 0.25) is 0 Å². The number of nitrogens with two attached hydrogens (primary N) is 1. The van der Waals surface area contributed by atoms with E-state index in [-0.39, 0.29) is 11.8 Å². The highest BCUT2D eigenvalue weighted by molar-refractivity contribution is 5.83. The molecule has 0 bridgehead atoms. The lowest BCUT2D eigenvalue weighted by Gasteiger charge is -2.26. The van der Waals surface area contributed by atoms with Gasteiger partial charge < -0.3 is 10.6 Å². The van der Waals surface area contributed by atoms with Gasteiger partial charge in [-0.25, -0.2) is 0 Å². The van der Waals surface area contributed by atoms with Crippen LogP contribution in [0.25, 0.3) is 0 Å². The van der Waals surface area contributed by atoms with E-state index in [1.807, 2.05) is 36.1 Å². The Labute approximate surface area is 123 Å². The molecule has 0 spiro atoms. The number of amides is 1. The fraction of sp³-hybridized carbons (Fsp3) is 0.588. The SMILES string of the molecule is CCCCN(CCCC)C(=O)C(C)c1cccc(N)c1. The minimum absolute atomic E-state index is 0.118. The summed E-state index contributed by atoms with van der Waals surface area (Å²) in [6, 6.07) is 7.65. The molecule has 0 aromatic heterocycles. The van der Waals surface area contributed by atoms with E-state index in [1.54, 1.807) is 0 Å². The highest BCUT2D eigenvalue weighted by Crippen LogP contribution is 2.20. The zero-order valence-electron chi connectivity index (χ0n) is 13.1. The third-order valence-corrected chi connectivity index (χ3v) is 3.66. The van der Waals surface area contributed by atoms with Crippen LogP contribution in [0.3, 0.4) is 0 Å². The van der Waals surface area contributed by atoms with E-state index in [2.05, 4.69) is 13.8 Å². The third-order valence-electron chi connectivity index (χ3n) is 3.66. The number of carbonyl (C=O) groups is 1. The highest BCUT2D eigenvalue weighted by Gasteiger charge is 2.21. The van der Waals surface area contributed by atoms with Gasteiger partial charge in [0.1, 0.15) is 0 Å². The average Bonchev–Trinajstić information content (AvgIpc) is 2.46. The zero-order chi connectivity index (χ0) is 15.0. The fourth-order valence-electron chi connectivity index (χ4n) is 2.27. The Morgan fingerprint density at radius 3 is 2.30 bits per heavy atom. The van der Waals surface area contributed by atoms with Crippen molar-refractivity contribution in [2.75, 3.05) is 18.8 Å². The van der Waals surface area contributed by atoms with E-state index < -0.39 is 0 Å².